The summed E-state index contributed by atoms with van der Waals surface area (Å²) >= 11 is 4.95. The summed E-state index contributed by atoms with van der Waals surface area (Å²) in [5.74, 6) is 1.24. The van der Waals surface area contributed by atoms with Crippen LogP contribution >= 0.6 is 27.3 Å². The number of nitrogens with one attached hydrogen (secondary N) is 1. The van der Waals surface area contributed by atoms with Gasteiger partial charge in [0.1, 0.15) is 0 Å². The van der Waals surface area contributed by atoms with Crippen molar-refractivity contribution in [1.29, 1.82) is 0 Å². The number of carbonyl (C=O) groups is 1. The molecule has 8 heteroatoms. The van der Waals surface area contributed by atoms with Gasteiger partial charge in [0.25, 0.3) is 0 Å². The fourth-order valence-corrected chi connectivity index (χ4v) is 3.52. The van der Waals surface area contributed by atoms with E-state index in [-0.39, 0.29) is 5.91 Å². The smallest absolute Gasteiger partial charge is 0.227 e. The van der Waals surface area contributed by atoms with Gasteiger partial charge >= 0.3 is 0 Å². The number of carbonyl (C=O) groups excluding carboxylic acids is 1. The van der Waals surface area contributed by atoms with Crippen LogP contribution in [0, 0.1) is 0 Å². The van der Waals surface area contributed by atoms with Crippen molar-refractivity contribution in [2.45, 2.75) is 12.8 Å². The zero-order valence-electron chi connectivity index (χ0n) is 11.3. The maximum absolute atomic E-state index is 12.1. The largest absolute Gasteiger partial charge is 0.340 e. The maximum Gasteiger partial charge on any atom is 0.227 e. The Morgan fingerprint density at radius 3 is 3.00 bits per heavy atom. The summed E-state index contributed by atoms with van der Waals surface area (Å²) in [6, 6.07) is 1.95. The van der Waals surface area contributed by atoms with Gasteiger partial charge in [-0.15, -0.1) is 11.3 Å². The third-order valence-corrected chi connectivity index (χ3v) is 4.97. The minimum Gasteiger partial charge on any atom is -0.340 e. The zero-order chi connectivity index (χ0) is 14.7. The summed E-state index contributed by atoms with van der Waals surface area (Å²) in [6.45, 7) is 3.28. The van der Waals surface area contributed by atoms with Crippen LogP contribution in [0.4, 0.5) is 0 Å². The van der Waals surface area contributed by atoms with E-state index in [4.69, 9.17) is 4.52 Å². The lowest BCUT2D eigenvalue weighted by Crippen LogP contribution is -2.46. The zero-order valence-corrected chi connectivity index (χ0v) is 13.7. The Balaban J connectivity index is 1.56. The van der Waals surface area contributed by atoms with Gasteiger partial charge in [-0.1, -0.05) is 5.16 Å². The Morgan fingerprint density at radius 2 is 2.29 bits per heavy atom. The van der Waals surface area contributed by atoms with E-state index in [2.05, 4.69) is 31.4 Å². The van der Waals surface area contributed by atoms with E-state index in [0.717, 1.165) is 35.5 Å². The molecule has 0 radical (unpaired) electrons. The van der Waals surface area contributed by atoms with Gasteiger partial charge in [-0.3, -0.25) is 4.79 Å². The van der Waals surface area contributed by atoms with Gasteiger partial charge in [-0.25, -0.2) is 0 Å². The number of aromatic nitrogens is 2. The molecule has 1 N–H and O–H groups in total. The van der Waals surface area contributed by atoms with E-state index < -0.39 is 0 Å². The second-order valence-corrected chi connectivity index (χ2v) is 6.60. The van der Waals surface area contributed by atoms with Crippen LogP contribution in [0.2, 0.25) is 0 Å². The first-order valence-corrected chi connectivity index (χ1v) is 8.45. The molecule has 0 aromatic carbocycles. The number of amides is 1. The third-order valence-electron chi connectivity index (χ3n) is 3.28. The first kappa shape index (κ1) is 14.7. The molecule has 6 nitrogen and oxygen atoms in total. The van der Waals surface area contributed by atoms with Gasteiger partial charge in [-0.2, -0.15) is 4.98 Å². The normalized spacial score (nSPS) is 15.4. The molecule has 3 rings (SSSR count). The molecule has 0 unspecified atom stereocenters. The van der Waals surface area contributed by atoms with Crippen molar-refractivity contribution in [3.05, 3.63) is 21.8 Å². The Bertz CT molecular complexity index is 621. The highest BCUT2D eigenvalue weighted by Gasteiger charge is 2.17. The Labute approximate surface area is 134 Å². The van der Waals surface area contributed by atoms with Crippen LogP contribution in [-0.4, -0.2) is 47.1 Å². The molecule has 3 heterocycles. The summed E-state index contributed by atoms with van der Waals surface area (Å²) in [5, 5.41) is 9.16. The molecule has 112 valence electrons. The van der Waals surface area contributed by atoms with Crippen molar-refractivity contribution in [3.8, 4) is 10.7 Å². The van der Waals surface area contributed by atoms with Crippen LogP contribution in [0.1, 0.15) is 12.3 Å². The van der Waals surface area contributed by atoms with Crippen LogP contribution < -0.4 is 5.32 Å². The number of piperazine rings is 1. The maximum atomic E-state index is 12.1. The topological polar surface area (TPSA) is 71.3 Å². The molecule has 0 aliphatic carbocycles. The first-order chi connectivity index (χ1) is 10.2. The SMILES string of the molecule is O=C(CCc1nc(-c2cc(Br)cs2)no1)N1CCNCC1. The predicted octanol–water partition coefficient (Wildman–Crippen LogP) is 1.92. The van der Waals surface area contributed by atoms with Crippen LogP contribution in [-0.2, 0) is 11.2 Å². The van der Waals surface area contributed by atoms with Crippen molar-refractivity contribution in [1.82, 2.24) is 20.4 Å². The van der Waals surface area contributed by atoms with Crippen molar-refractivity contribution in [2.75, 3.05) is 26.2 Å². The van der Waals surface area contributed by atoms with Crippen LogP contribution in [0.25, 0.3) is 10.7 Å². The Hall–Kier alpha value is -1.25. The predicted molar refractivity (Wildman–Crippen MR) is 83.1 cm³/mol. The highest BCUT2D eigenvalue weighted by Crippen LogP contribution is 2.27. The molecule has 2 aromatic rings. The van der Waals surface area contributed by atoms with E-state index in [1.54, 1.807) is 11.3 Å². The fraction of sp³-hybridized carbons (Fsp3) is 0.462. The minimum absolute atomic E-state index is 0.148. The molecule has 0 saturated carbocycles. The third kappa shape index (κ3) is 3.69. The van der Waals surface area contributed by atoms with Crippen molar-refractivity contribution in [3.63, 3.8) is 0 Å². The molecule has 21 heavy (non-hydrogen) atoms. The molecular weight excluding hydrogens is 356 g/mol. The number of hydrogen-bond acceptors (Lipinski definition) is 6. The molecule has 1 amide bonds. The van der Waals surface area contributed by atoms with Crippen molar-refractivity contribution >= 4 is 33.2 Å². The molecule has 1 saturated heterocycles. The van der Waals surface area contributed by atoms with Gasteiger partial charge < -0.3 is 14.7 Å². The number of rotatable bonds is 4. The van der Waals surface area contributed by atoms with Crippen LogP contribution in [0.15, 0.2) is 20.4 Å². The van der Waals surface area contributed by atoms with E-state index in [1.165, 1.54) is 0 Å². The molecule has 0 bridgehead atoms. The second-order valence-electron chi connectivity index (χ2n) is 4.77. The summed E-state index contributed by atoms with van der Waals surface area (Å²) in [5.41, 5.74) is 0. The molecule has 1 fully saturated rings. The average molecular weight is 371 g/mol. The van der Waals surface area contributed by atoms with E-state index in [0.29, 0.717) is 24.6 Å². The van der Waals surface area contributed by atoms with Crippen molar-refractivity contribution in [2.24, 2.45) is 0 Å². The summed E-state index contributed by atoms with van der Waals surface area (Å²) in [7, 11) is 0. The van der Waals surface area contributed by atoms with Gasteiger partial charge in [0.2, 0.25) is 17.6 Å². The highest BCUT2D eigenvalue weighted by molar-refractivity contribution is 9.10. The quantitative estimate of drug-likeness (QED) is 0.889. The molecule has 0 atom stereocenters. The summed E-state index contributed by atoms with van der Waals surface area (Å²) in [6.07, 6.45) is 0.901. The Morgan fingerprint density at radius 1 is 1.48 bits per heavy atom. The molecule has 2 aromatic heterocycles. The lowest BCUT2D eigenvalue weighted by molar-refractivity contribution is -0.131. The number of nitrogens with zero attached hydrogens (tertiary/aromatic N) is 3. The molecule has 1 aliphatic heterocycles. The van der Waals surface area contributed by atoms with Crippen LogP contribution in [0.3, 0.4) is 0 Å². The van der Waals surface area contributed by atoms with Crippen molar-refractivity contribution < 1.29 is 9.32 Å². The van der Waals surface area contributed by atoms with Crippen LogP contribution in [0.5, 0.6) is 0 Å². The highest BCUT2D eigenvalue weighted by atomic mass is 79.9. The number of thiophene rings is 1. The lowest BCUT2D eigenvalue weighted by atomic mass is 10.2. The van der Waals surface area contributed by atoms with E-state index in [1.807, 2.05) is 16.3 Å². The summed E-state index contributed by atoms with van der Waals surface area (Å²) < 4.78 is 6.22. The van der Waals surface area contributed by atoms with E-state index in [9.17, 15) is 4.79 Å². The second kappa shape index (κ2) is 6.67. The lowest BCUT2D eigenvalue weighted by Gasteiger charge is -2.27. The van der Waals surface area contributed by atoms with Gasteiger partial charge in [0, 0.05) is 48.9 Å². The van der Waals surface area contributed by atoms with Gasteiger partial charge in [0.15, 0.2) is 0 Å². The fourth-order valence-electron chi connectivity index (χ4n) is 2.17. The monoisotopic (exact) mass is 370 g/mol. The average Bonchev–Trinajstić information content (AvgIpc) is 3.14. The Kier molecular flexibility index (Phi) is 4.67. The molecule has 0 spiro atoms. The molecular formula is C13H15BrN4O2S. The number of halogens is 1. The molecule has 1 aliphatic rings. The minimum atomic E-state index is 0.148. The number of hydrogen-bond donors (Lipinski definition) is 1. The van der Waals surface area contributed by atoms with Gasteiger partial charge in [0.05, 0.1) is 4.88 Å². The first-order valence-electron chi connectivity index (χ1n) is 6.78. The van der Waals surface area contributed by atoms with Gasteiger partial charge in [-0.05, 0) is 22.0 Å². The number of aryl methyl sites for hydroxylation is 1. The van der Waals surface area contributed by atoms with E-state index >= 15 is 0 Å². The summed E-state index contributed by atoms with van der Waals surface area (Å²) in [4.78, 5) is 19.2. The standard InChI is InChI=1S/C13H15BrN4O2S/c14-9-7-10(21-8-9)13-16-11(20-17-13)1-2-12(19)18-5-3-15-4-6-18/h7-8,15H,1-6H2.